The van der Waals surface area contributed by atoms with Crippen molar-refractivity contribution >= 4 is 40.7 Å². The summed E-state index contributed by atoms with van der Waals surface area (Å²) in [5.74, 6) is -0.200. The Bertz CT molecular complexity index is 728. The van der Waals surface area contributed by atoms with Crippen LogP contribution in [0.2, 0.25) is 0 Å². The summed E-state index contributed by atoms with van der Waals surface area (Å²) in [5.41, 5.74) is 3.55. The van der Waals surface area contributed by atoms with Crippen LogP contribution in [0.15, 0.2) is 23.3 Å². The van der Waals surface area contributed by atoms with Gasteiger partial charge in [0.15, 0.2) is 10.2 Å². The van der Waals surface area contributed by atoms with Gasteiger partial charge < -0.3 is 5.32 Å². The average molecular weight is 304 g/mol. The number of rotatable bonds is 2. The lowest BCUT2D eigenvalue weighted by Crippen LogP contribution is -2.21. The van der Waals surface area contributed by atoms with Gasteiger partial charge in [0.2, 0.25) is 0 Å². The molecule has 7 heteroatoms. The van der Waals surface area contributed by atoms with E-state index in [1.807, 2.05) is 25.3 Å². The number of amides is 1. The highest BCUT2D eigenvalue weighted by atomic mass is 32.1. The van der Waals surface area contributed by atoms with Crippen molar-refractivity contribution in [3.63, 3.8) is 0 Å². The molecule has 0 unspecified atom stereocenters. The largest absolute Gasteiger partial charge is 0.328 e. The number of aromatic nitrogens is 2. The highest BCUT2D eigenvalue weighted by Gasteiger charge is 2.21. The third-order valence-electron chi connectivity index (χ3n) is 3.10. The van der Waals surface area contributed by atoms with Crippen LogP contribution in [0, 0.1) is 13.8 Å². The molecule has 2 aromatic rings. The second-order valence-electron chi connectivity index (χ2n) is 4.44. The van der Waals surface area contributed by atoms with Gasteiger partial charge in [-0.05, 0) is 43.8 Å². The van der Waals surface area contributed by atoms with E-state index in [1.165, 1.54) is 0 Å². The molecule has 0 saturated carbocycles. The Hall–Kier alpha value is -1.99. The lowest BCUT2D eigenvalue weighted by molar-refractivity contribution is -0.115. The average Bonchev–Trinajstić information content (AvgIpc) is 3.04. The quantitative estimate of drug-likeness (QED) is 0.657. The lowest BCUT2D eigenvalue weighted by Gasteiger charge is -2.04. The van der Waals surface area contributed by atoms with Gasteiger partial charge in [0.25, 0.3) is 5.91 Å². The first kappa shape index (κ1) is 13.0. The van der Waals surface area contributed by atoms with E-state index in [9.17, 15) is 4.79 Å². The fourth-order valence-corrected chi connectivity index (χ4v) is 3.15. The molecule has 1 amide bonds. The predicted octanol–water partition coefficient (Wildman–Crippen LogP) is 1.90. The van der Waals surface area contributed by atoms with E-state index in [2.05, 4.69) is 20.2 Å². The summed E-state index contributed by atoms with van der Waals surface area (Å²) < 4.78 is 2.07. The molecule has 0 atom stereocenters. The van der Waals surface area contributed by atoms with Crippen LogP contribution in [0.1, 0.15) is 17.0 Å². The maximum atomic E-state index is 11.7. The minimum absolute atomic E-state index is 0.200. The molecule has 0 aliphatic carbocycles. The van der Waals surface area contributed by atoms with Gasteiger partial charge in [0.1, 0.15) is 5.70 Å². The van der Waals surface area contributed by atoms with Crippen LogP contribution in [-0.2, 0) is 4.79 Å². The van der Waals surface area contributed by atoms with Crippen LogP contribution in [0.5, 0.6) is 0 Å². The third-order valence-corrected chi connectivity index (χ3v) is 4.06. The number of aryl methyl sites for hydroxylation is 1. The van der Waals surface area contributed by atoms with E-state index in [1.54, 1.807) is 23.6 Å². The normalized spacial score (nSPS) is 16.6. The number of carbonyl (C=O) groups excluding carboxylic acids is 1. The zero-order valence-electron chi connectivity index (χ0n) is 10.9. The van der Waals surface area contributed by atoms with Gasteiger partial charge in [-0.3, -0.25) is 14.7 Å². The molecule has 3 heterocycles. The van der Waals surface area contributed by atoms with Crippen LogP contribution in [0.3, 0.4) is 0 Å². The molecule has 2 aromatic heterocycles. The summed E-state index contributed by atoms with van der Waals surface area (Å²) in [6, 6.07) is 2.03. The summed E-state index contributed by atoms with van der Waals surface area (Å²) in [5, 5.41) is 8.61. The topological polar surface area (TPSA) is 58.9 Å². The fraction of sp³-hybridized carbons (Fsp3) is 0.154. The molecule has 102 valence electrons. The molecule has 1 fully saturated rings. The fourth-order valence-electron chi connectivity index (χ4n) is 2.19. The Labute approximate surface area is 125 Å². The third kappa shape index (κ3) is 2.14. The van der Waals surface area contributed by atoms with Crippen molar-refractivity contribution in [2.45, 2.75) is 13.8 Å². The molecular weight excluding hydrogens is 292 g/mol. The lowest BCUT2D eigenvalue weighted by atomic mass is 10.2. The maximum absolute atomic E-state index is 11.7. The Morgan fingerprint density at radius 3 is 2.80 bits per heavy atom. The number of nitrogens with one attached hydrogen (secondary N) is 2. The molecule has 1 aliphatic heterocycles. The highest BCUT2D eigenvalue weighted by Crippen LogP contribution is 2.24. The van der Waals surface area contributed by atoms with E-state index in [0.717, 1.165) is 22.1 Å². The standard InChI is InChI=1S/C13H12N4OS2/c1-7-5-9(6-10-11(18)16-12(19)15-10)8(2)17(7)13-14-3-4-20-13/h3-6H,1-2H3,(H2,15,16,18,19)/b10-6-. The van der Waals surface area contributed by atoms with Crippen molar-refractivity contribution in [1.82, 2.24) is 20.2 Å². The molecule has 0 bridgehead atoms. The Morgan fingerprint density at radius 1 is 1.40 bits per heavy atom. The van der Waals surface area contributed by atoms with Crippen LogP contribution >= 0.6 is 23.6 Å². The van der Waals surface area contributed by atoms with Gasteiger partial charge in [-0.25, -0.2) is 4.98 Å². The number of thiazole rings is 1. The zero-order valence-corrected chi connectivity index (χ0v) is 12.6. The van der Waals surface area contributed by atoms with Crippen molar-refractivity contribution in [2.24, 2.45) is 0 Å². The molecule has 0 aromatic carbocycles. The van der Waals surface area contributed by atoms with Crippen molar-refractivity contribution in [1.29, 1.82) is 0 Å². The molecule has 2 N–H and O–H groups in total. The number of carbonyl (C=O) groups is 1. The van der Waals surface area contributed by atoms with Gasteiger partial charge in [-0.1, -0.05) is 0 Å². The number of hydrogen-bond donors (Lipinski definition) is 2. The van der Waals surface area contributed by atoms with Gasteiger partial charge in [-0.15, -0.1) is 11.3 Å². The van der Waals surface area contributed by atoms with Crippen molar-refractivity contribution in [2.75, 3.05) is 0 Å². The summed E-state index contributed by atoms with van der Waals surface area (Å²) >= 11 is 6.50. The molecule has 1 saturated heterocycles. The molecule has 5 nitrogen and oxygen atoms in total. The Morgan fingerprint density at radius 2 is 2.20 bits per heavy atom. The predicted molar refractivity (Wildman–Crippen MR) is 82.8 cm³/mol. The Kier molecular flexibility index (Phi) is 3.15. The van der Waals surface area contributed by atoms with E-state index >= 15 is 0 Å². The first-order chi connectivity index (χ1) is 9.56. The van der Waals surface area contributed by atoms with Crippen molar-refractivity contribution < 1.29 is 4.79 Å². The monoisotopic (exact) mass is 304 g/mol. The van der Waals surface area contributed by atoms with Crippen LogP contribution in [-0.4, -0.2) is 20.6 Å². The molecule has 0 radical (unpaired) electrons. The molecule has 1 aliphatic rings. The van der Waals surface area contributed by atoms with Gasteiger partial charge in [-0.2, -0.15) is 0 Å². The zero-order chi connectivity index (χ0) is 14.3. The molecular formula is C13H12N4OS2. The van der Waals surface area contributed by atoms with E-state index < -0.39 is 0 Å². The first-order valence-electron chi connectivity index (χ1n) is 5.99. The van der Waals surface area contributed by atoms with Gasteiger partial charge in [0, 0.05) is 23.0 Å². The van der Waals surface area contributed by atoms with Crippen molar-refractivity contribution in [3.8, 4) is 5.13 Å². The summed E-state index contributed by atoms with van der Waals surface area (Å²) in [6.07, 6.45) is 3.59. The summed E-state index contributed by atoms with van der Waals surface area (Å²) in [6.45, 7) is 4.02. The first-order valence-corrected chi connectivity index (χ1v) is 7.28. The van der Waals surface area contributed by atoms with E-state index in [4.69, 9.17) is 12.2 Å². The molecule has 0 spiro atoms. The van der Waals surface area contributed by atoms with Crippen LogP contribution in [0.4, 0.5) is 0 Å². The minimum Gasteiger partial charge on any atom is -0.328 e. The SMILES string of the molecule is Cc1cc(/C=C2\NC(=S)NC2=O)c(C)n1-c1nccs1. The smallest absolute Gasteiger partial charge is 0.273 e. The summed E-state index contributed by atoms with van der Waals surface area (Å²) in [4.78, 5) is 16.0. The highest BCUT2D eigenvalue weighted by molar-refractivity contribution is 7.80. The Balaban J connectivity index is 2.05. The second kappa shape index (κ2) is 4.84. The van der Waals surface area contributed by atoms with Gasteiger partial charge >= 0.3 is 0 Å². The minimum atomic E-state index is -0.200. The van der Waals surface area contributed by atoms with Crippen LogP contribution < -0.4 is 10.6 Å². The second-order valence-corrected chi connectivity index (χ2v) is 5.72. The van der Waals surface area contributed by atoms with Crippen LogP contribution in [0.25, 0.3) is 11.2 Å². The number of nitrogens with zero attached hydrogens (tertiary/aromatic N) is 2. The molecule has 20 heavy (non-hydrogen) atoms. The van der Waals surface area contributed by atoms with E-state index in [-0.39, 0.29) is 5.91 Å². The van der Waals surface area contributed by atoms with Crippen molar-refractivity contribution in [3.05, 3.63) is 40.3 Å². The molecule has 3 rings (SSSR count). The van der Waals surface area contributed by atoms with Gasteiger partial charge in [0.05, 0.1) is 0 Å². The van der Waals surface area contributed by atoms with E-state index in [0.29, 0.717) is 10.8 Å². The number of thiocarbonyl (C=S) groups is 1. The number of hydrogen-bond acceptors (Lipinski definition) is 4. The maximum Gasteiger partial charge on any atom is 0.273 e. The summed E-state index contributed by atoms with van der Waals surface area (Å²) in [7, 11) is 0.